The van der Waals surface area contributed by atoms with Crippen LogP contribution in [0, 0.1) is 5.92 Å². The summed E-state index contributed by atoms with van der Waals surface area (Å²) in [5, 5.41) is 3.52. The first-order valence-corrected chi connectivity index (χ1v) is 6.27. The van der Waals surface area contributed by atoms with E-state index in [0.29, 0.717) is 12.0 Å². The van der Waals surface area contributed by atoms with Gasteiger partial charge in [0, 0.05) is 0 Å². The van der Waals surface area contributed by atoms with Gasteiger partial charge in [-0.1, -0.05) is 6.92 Å². The van der Waals surface area contributed by atoms with Gasteiger partial charge in [-0.05, 0) is 57.6 Å². The van der Waals surface area contributed by atoms with Gasteiger partial charge in [-0.2, -0.15) is 0 Å². The highest BCUT2D eigenvalue weighted by Crippen LogP contribution is 2.35. The van der Waals surface area contributed by atoms with E-state index in [2.05, 4.69) is 30.3 Å². The van der Waals surface area contributed by atoms with Crippen LogP contribution >= 0.6 is 0 Å². The van der Waals surface area contributed by atoms with Crippen LogP contribution in [0.1, 0.15) is 31.6 Å². The predicted molar refractivity (Wildman–Crippen MR) is 65.3 cm³/mol. The maximum absolute atomic E-state index is 5.55. The third-order valence-corrected chi connectivity index (χ3v) is 3.44. The van der Waals surface area contributed by atoms with E-state index in [1.807, 2.05) is 6.07 Å². The molecule has 2 rings (SSSR count). The lowest BCUT2D eigenvalue weighted by Crippen LogP contribution is -2.28. The van der Waals surface area contributed by atoms with Gasteiger partial charge in [0.15, 0.2) is 0 Å². The van der Waals surface area contributed by atoms with Crippen LogP contribution in [0.3, 0.4) is 0 Å². The normalized spacial score (nSPS) is 26.4. The molecule has 2 atom stereocenters. The van der Waals surface area contributed by atoms with E-state index in [4.69, 9.17) is 4.42 Å². The molecule has 0 saturated carbocycles. The zero-order valence-electron chi connectivity index (χ0n) is 10.3. The SMILES string of the molecule is CCCNCC1CCN(C)C1c1ccco1. The second-order valence-electron chi connectivity index (χ2n) is 4.69. The lowest BCUT2D eigenvalue weighted by Gasteiger charge is -2.23. The second kappa shape index (κ2) is 5.51. The van der Waals surface area contributed by atoms with Gasteiger partial charge in [0.1, 0.15) is 5.76 Å². The summed E-state index contributed by atoms with van der Waals surface area (Å²) >= 11 is 0. The van der Waals surface area contributed by atoms with Gasteiger partial charge in [-0.25, -0.2) is 0 Å². The first-order valence-electron chi connectivity index (χ1n) is 6.27. The molecule has 0 spiro atoms. The Morgan fingerprint density at radius 2 is 2.44 bits per heavy atom. The van der Waals surface area contributed by atoms with Crippen LogP contribution in [0.25, 0.3) is 0 Å². The average molecular weight is 222 g/mol. The Hall–Kier alpha value is -0.800. The smallest absolute Gasteiger partial charge is 0.121 e. The average Bonchev–Trinajstić information content (AvgIpc) is 2.88. The van der Waals surface area contributed by atoms with Crippen LogP contribution < -0.4 is 5.32 Å². The molecule has 90 valence electrons. The van der Waals surface area contributed by atoms with E-state index in [-0.39, 0.29) is 0 Å². The van der Waals surface area contributed by atoms with Crippen LogP contribution in [-0.4, -0.2) is 31.6 Å². The van der Waals surface area contributed by atoms with Crippen LogP contribution in [-0.2, 0) is 0 Å². The number of nitrogens with zero attached hydrogens (tertiary/aromatic N) is 1. The van der Waals surface area contributed by atoms with Gasteiger partial charge < -0.3 is 9.73 Å². The molecule has 3 nitrogen and oxygen atoms in total. The summed E-state index contributed by atoms with van der Waals surface area (Å²) in [6, 6.07) is 4.54. The molecule has 1 saturated heterocycles. The zero-order chi connectivity index (χ0) is 11.4. The fraction of sp³-hybridized carbons (Fsp3) is 0.692. The van der Waals surface area contributed by atoms with Gasteiger partial charge in [0.05, 0.1) is 12.3 Å². The summed E-state index contributed by atoms with van der Waals surface area (Å²) in [4.78, 5) is 2.40. The summed E-state index contributed by atoms with van der Waals surface area (Å²) in [5.74, 6) is 1.80. The number of hydrogen-bond acceptors (Lipinski definition) is 3. The predicted octanol–water partition coefficient (Wildman–Crippen LogP) is 2.27. The molecule has 0 radical (unpaired) electrons. The Labute approximate surface area is 97.8 Å². The van der Waals surface area contributed by atoms with Crippen LogP contribution in [0.2, 0.25) is 0 Å². The van der Waals surface area contributed by atoms with E-state index in [0.717, 1.165) is 18.8 Å². The van der Waals surface area contributed by atoms with Gasteiger partial charge in [-0.3, -0.25) is 4.90 Å². The topological polar surface area (TPSA) is 28.4 Å². The van der Waals surface area contributed by atoms with E-state index in [1.54, 1.807) is 6.26 Å². The third kappa shape index (κ3) is 2.47. The van der Waals surface area contributed by atoms with Crippen LogP contribution in [0.15, 0.2) is 22.8 Å². The molecule has 0 aromatic carbocycles. The molecule has 0 amide bonds. The summed E-state index contributed by atoms with van der Waals surface area (Å²) < 4.78 is 5.55. The van der Waals surface area contributed by atoms with Gasteiger partial charge in [-0.15, -0.1) is 0 Å². The maximum Gasteiger partial charge on any atom is 0.121 e. The molecule has 1 aromatic heterocycles. The quantitative estimate of drug-likeness (QED) is 0.775. The minimum Gasteiger partial charge on any atom is -0.468 e. The highest BCUT2D eigenvalue weighted by atomic mass is 16.3. The molecule has 3 heteroatoms. The van der Waals surface area contributed by atoms with Crippen molar-refractivity contribution in [2.75, 3.05) is 26.7 Å². The van der Waals surface area contributed by atoms with Crippen molar-refractivity contribution >= 4 is 0 Å². The fourth-order valence-electron chi connectivity index (χ4n) is 2.61. The first-order chi connectivity index (χ1) is 7.83. The monoisotopic (exact) mass is 222 g/mol. The standard InChI is InChI=1S/C13H22N2O/c1-3-7-14-10-11-6-8-15(2)13(11)12-5-4-9-16-12/h4-5,9,11,13-14H,3,6-8,10H2,1-2H3. The third-order valence-electron chi connectivity index (χ3n) is 3.44. The maximum atomic E-state index is 5.55. The molecule has 1 aliphatic heterocycles. The molecule has 1 aliphatic rings. The molecule has 16 heavy (non-hydrogen) atoms. The van der Waals surface area contributed by atoms with Gasteiger partial charge in [0.25, 0.3) is 0 Å². The Balaban J connectivity index is 1.96. The Morgan fingerprint density at radius 1 is 1.56 bits per heavy atom. The molecule has 1 aromatic rings. The van der Waals surface area contributed by atoms with E-state index >= 15 is 0 Å². The number of rotatable bonds is 5. The molecular formula is C13H22N2O. The van der Waals surface area contributed by atoms with Crippen molar-refractivity contribution in [1.82, 2.24) is 10.2 Å². The minimum absolute atomic E-state index is 0.458. The van der Waals surface area contributed by atoms with Crippen molar-refractivity contribution in [1.29, 1.82) is 0 Å². The molecule has 2 unspecified atom stereocenters. The summed E-state index contributed by atoms with van der Waals surface area (Å²) in [5.41, 5.74) is 0. The summed E-state index contributed by atoms with van der Waals surface area (Å²) in [6.45, 7) is 5.59. The fourth-order valence-corrected chi connectivity index (χ4v) is 2.61. The van der Waals surface area contributed by atoms with Crippen molar-refractivity contribution in [3.8, 4) is 0 Å². The first kappa shape index (κ1) is 11.7. The number of likely N-dealkylation sites (tertiary alicyclic amines) is 1. The van der Waals surface area contributed by atoms with Crippen molar-refractivity contribution < 1.29 is 4.42 Å². The highest BCUT2D eigenvalue weighted by Gasteiger charge is 2.34. The van der Waals surface area contributed by atoms with E-state index < -0.39 is 0 Å². The Kier molecular flexibility index (Phi) is 4.02. The van der Waals surface area contributed by atoms with Crippen molar-refractivity contribution in [2.45, 2.75) is 25.8 Å². The van der Waals surface area contributed by atoms with Gasteiger partial charge >= 0.3 is 0 Å². The lowest BCUT2D eigenvalue weighted by molar-refractivity contribution is 0.234. The number of hydrogen-bond donors (Lipinski definition) is 1. The second-order valence-corrected chi connectivity index (χ2v) is 4.69. The van der Waals surface area contributed by atoms with Crippen molar-refractivity contribution in [3.63, 3.8) is 0 Å². The zero-order valence-corrected chi connectivity index (χ0v) is 10.3. The molecule has 1 fully saturated rings. The Morgan fingerprint density at radius 3 is 3.12 bits per heavy atom. The van der Waals surface area contributed by atoms with Crippen molar-refractivity contribution in [2.24, 2.45) is 5.92 Å². The lowest BCUT2D eigenvalue weighted by atomic mass is 9.98. The molecule has 0 bridgehead atoms. The molecular weight excluding hydrogens is 200 g/mol. The molecule has 1 N–H and O–H groups in total. The molecule has 0 aliphatic carbocycles. The van der Waals surface area contributed by atoms with Crippen LogP contribution in [0.5, 0.6) is 0 Å². The van der Waals surface area contributed by atoms with Crippen LogP contribution in [0.4, 0.5) is 0 Å². The highest BCUT2D eigenvalue weighted by molar-refractivity contribution is 5.08. The van der Waals surface area contributed by atoms with E-state index in [9.17, 15) is 0 Å². The van der Waals surface area contributed by atoms with Crippen molar-refractivity contribution in [3.05, 3.63) is 24.2 Å². The Bertz CT molecular complexity index is 297. The number of nitrogens with one attached hydrogen (secondary N) is 1. The largest absolute Gasteiger partial charge is 0.468 e. The summed E-state index contributed by atoms with van der Waals surface area (Å²) in [7, 11) is 2.19. The van der Waals surface area contributed by atoms with Gasteiger partial charge in [0.2, 0.25) is 0 Å². The van der Waals surface area contributed by atoms with E-state index in [1.165, 1.54) is 19.4 Å². The number of furan rings is 1. The molecule has 2 heterocycles. The minimum atomic E-state index is 0.458. The summed E-state index contributed by atoms with van der Waals surface area (Å²) in [6.07, 6.45) is 4.24.